The molecule has 1 saturated heterocycles. The van der Waals surface area contributed by atoms with E-state index in [0.717, 1.165) is 67.5 Å². The summed E-state index contributed by atoms with van der Waals surface area (Å²) >= 11 is 0. The first-order valence-electron chi connectivity index (χ1n) is 23.1. The number of methoxy groups -OCH3 is 2. The van der Waals surface area contributed by atoms with Gasteiger partial charge >= 0.3 is 12.2 Å². The van der Waals surface area contributed by atoms with Crippen LogP contribution in [0.4, 0.5) is 24.1 Å². The molecule has 2 bridgehead atoms. The molecule has 1 aromatic heterocycles. The number of alkyl carbamates (subject to hydrolysis) is 2. The number of nitrogens with zero attached hydrogens (tertiary/aromatic N) is 3. The number of alkyl halides is 2. The monoisotopic (exact) mass is 886 g/mol. The number of aliphatic imine (C=N–C) groups is 1. The first kappa shape index (κ1) is 43.0. The van der Waals surface area contributed by atoms with Crippen LogP contribution in [0.3, 0.4) is 0 Å². The molecule has 3 N–H and O–H groups in total. The second-order valence-corrected chi connectivity index (χ2v) is 20.1. The fraction of sp³-hybridized carbons (Fsp3) is 0.490. The molecule has 14 heteroatoms. The molecule has 4 fully saturated rings. The van der Waals surface area contributed by atoms with Gasteiger partial charge < -0.3 is 30.0 Å². The number of imidazole rings is 1. The Kier molecular flexibility index (Phi) is 10.5. The number of amides is 3. The number of fused-ring (bicyclic) bond motifs is 6. The van der Waals surface area contributed by atoms with Crippen LogP contribution in [0.5, 0.6) is 0 Å². The molecule has 1 spiro atoms. The van der Waals surface area contributed by atoms with Crippen molar-refractivity contribution >= 4 is 35.3 Å². The Hall–Kier alpha value is -5.92. The molecule has 2 aliphatic heterocycles. The summed E-state index contributed by atoms with van der Waals surface area (Å²) in [5, 5.41) is 5.50. The zero-order chi connectivity index (χ0) is 45.7. The Bertz CT molecular complexity index is 2650. The number of Topliss-reactive ketones (excluding diaryl/α,β-unsaturated/α-hetero) is 1. The number of likely N-dealkylation sites (tertiary alicyclic amines) is 1. The quantitative estimate of drug-likeness (QED) is 0.136. The number of ether oxygens (including phenoxy) is 2. The summed E-state index contributed by atoms with van der Waals surface area (Å²) in [6, 6.07) is 14.8. The minimum absolute atomic E-state index is 0.0348. The number of ketones is 1. The Morgan fingerprint density at radius 3 is 2.11 bits per heavy atom. The molecule has 4 aromatic rings. The van der Waals surface area contributed by atoms with E-state index in [1.54, 1.807) is 30.5 Å². The average molecular weight is 887 g/mol. The number of hydrogen-bond donors (Lipinski definition) is 3. The first-order chi connectivity index (χ1) is 31.1. The van der Waals surface area contributed by atoms with E-state index in [-0.39, 0.29) is 69.9 Å². The van der Waals surface area contributed by atoms with Gasteiger partial charge in [0.2, 0.25) is 5.91 Å². The lowest BCUT2D eigenvalue weighted by Gasteiger charge is -2.38. The molecular weight excluding hydrogens is 831 g/mol. The molecule has 10 rings (SSSR count). The Morgan fingerprint density at radius 2 is 1.45 bits per heavy atom. The zero-order valence-electron chi connectivity index (χ0n) is 37.7. The fourth-order valence-corrected chi connectivity index (χ4v) is 11.9. The molecule has 1 unspecified atom stereocenters. The first-order valence-corrected chi connectivity index (χ1v) is 23.1. The molecular formula is C51H56F2N6O6. The van der Waals surface area contributed by atoms with E-state index in [1.165, 1.54) is 14.2 Å². The van der Waals surface area contributed by atoms with Crippen LogP contribution in [0.2, 0.25) is 0 Å². The molecule has 4 aliphatic carbocycles. The van der Waals surface area contributed by atoms with Gasteiger partial charge in [-0.1, -0.05) is 58.0 Å². The molecule has 7 atom stereocenters. The molecule has 3 aromatic carbocycles. The van der Waals surface area contributed by atoms with Gasteiger partial charge in [-0.25, -0.2) is 14.6 Å². The van der Waals surface area contributed by atoms with Crippen LogP contribution >= 0.6 is 0 Å². The molecule has 65 heavy (non-hydrogen) atoms. The van der Waals surface area contributed by atoms with Crippen molar-refractivity contribution in [1.82, 2.24) is 25.5 Å². The minimum Gasteiger partial charge on any atom is -0.453 e. The Labute approximate surface area is 377 Å². The van der Waals surface area contributed by atoms with Gasteiger partial charge in [0.25, 0.3) is 5.92 Å². The normalized spacial score (nSPS) is 24.7. The summed E-state index contributed by atoms with van der Waals surface area (Å²) in [5.41, 5.74) is 6.31. The van der Waals surface area contributed by atoms with Gasteiger partial charge in [0.05, 0.1) is 43.9 Å². The Morgan fingerprint density at radius 1 is 0.815 bits per heavy atom. The van der Waals surface area contributed by atoms with E-state index >= 15 is 8.78 Å². The van der Waals surface area contributed by atoms with E-state index in [0.29, 0.717) is 40.2 Å². The molecule has 3 saturated carbocycles. The lowest BCUT2D eigenvalue weighted by atomic mass is 9.84. The number of benzene rings is 3. The van der Waals surface area contributed by atoms with E-state index < -0.39 is 30.2 Å². The van der Waals surface area contributed by atoms with Crippen molar-refractivity contribution in [3.05, 3.63) is 83.3 Å². The van der Waals surface area contributed by atoms with E-state index in [4.69, 9.17) is 19.5 Å². The highest BCUT2D eigenvalue weighted by Crippen LogP contribution is 2.64. The van der Waals surface area contributed by atoms with Gasteiger partial charge in [0, 0.05) is 46.7 Å². The van der Waals surface area contributed by atoms with Crippen LogP contribution in [-0.2, 0) is 31.4 Å². The maximum atomic E-state index is 16.7. The second kappa shape index (κ2) is 15.9. The Balaban J connectivity index is 0.870. The van der Waals surface area contributed by atoms with Gasteiger partial charge in [0.1, 0.15) is 11.9 Å². The van der Waals surface area contributed by atoms with Crippen LogP contribution < -0.4 is 10.6 Å². The van der Waals surface area contributed by atoms with Crippen LogP contribution in [0.1, 0.15) is 101 Å². The number of hydrogen-bond acceptors (Lipinski definition) is 8. The summed E-state index contributed by atoms with van der Waals surface area (Å²) in [4.78, 5) is 67.7. The lowest BCUT2D eigenvalue weighted by Crippen LogP contribution is -2.57. The SMILES string of the molecule is COC(=O)N[C@H](C(=O)C1CC2(CC2)C[C@H]1c1ncc(-c2ccc3c(c2)C(F)(F)c2cc(-c4ccc5c(c4)CC([C@@H]4[C@H]6CC[C@H](C6)N4C(=O)[C@@H](NC(=O)OC)C(C)C)=N5)ccc2-3)[nH]1)C(C)C. The number of piperidine rings is 1. The second-order valence-electron chi connectivity index (χ2n) is 20.1. The van der Waals surface area contributed by atoms with Crippen LogP contribution in [0.15, 0.2) is 65.8 Å². The van der Waals surface area contributed by atoms with Crippen LogP contribution in [0.25, 0.3) is 33.5 Å². The highest BCUT2D eigenvalue weighted by Gasteiger charge is 2.57. The third kappa shape index (κ3) is 7.31. The fourth-order valence-electron chi connectivity index (χ4n) is 11.9. The number of nitrogens with one attached hydrogen (secondary N) is 3. The topological polar surface area (TPSA) is 155 Å². The number of carbonyl (C=O) groups is 4. The highest BCUT2D eigenvalue weighted by atomic mass is 19.3. The highest BCUT2D eigenvalue weighted by molar-refractivity contribution is 6.02. The van der Waals surface area contributed by atoms with Crippen molar-refractivity contribution in [3.63, 3.8) is 0 Å². The predicted octanol–water partition coefficient (Wildman–Crippen LogP) is 9.48. The maximum Gasteiger partial charge on any atom is 0.407 e. The number of rotatable bonds is 11. The van der Waals surface area contributed by atoms with Crippen molar-refractivity contribution in [2.75, 3.05) is 14.2 Å². The molecule has 3 heterocycles. The molecule has 0 radical (unpaired) electrons. The number of halogens is 2. The maximum absolute atomic E-state index is 16.7. The summed E-state index contributed by atoms with van der Waals surface area (Å²) < 4.78 is 43.0. The predicted molar refractivity (Wildman–Crippen MR) is 241 cm³/mol. The molecule has 3 amide bonds. The standard InChI is InChI=1S/C51H56F2N6O6/c1-25(2)42(57-48(62)64-5)45(60)35-22-50(15-16-50)23-36(35)46-54-24-41(56-46)29-9-13-34-33-12-8-28(19-37(33)51(52,53)38(34)20-29)27-10-14-39-31(17-27)21-40(55-39)44-30-7-11-32(18-30)59(44)47(61)43(26(3)4)58-49(63)65-6/h8-10,12-14,17,19-20,24-26,30,32,35-36,42-44H,7,11,15-16,18,21-23H2,1-6H3,(H,54,56)(H,57,62)(H,58,63)/t30-,32+,35?,36+,42-,43-,44-/m0/s1. The summed E-state index contributed by atoms with van der Waals surface area (Å²) in [7, 11) is 2.57. The largest absolute Gasteiger partial charge is 0.453 e. The third-order valence-electron chi connectivity index (χ3n) is 15.4. The number of carbonyl (C=O) groups excluding carboxylic acids is 4. The van der Waals surface area contributed by atoms with Crippen LogP contribution in [-0.4, -0.2) is 82.8 Å². The minimum atomic E-state index is -3.26. The summed E-state index contributed by atoms with van der Waals surface area (Å²) in [6.45, 7) is 7.62. The van der Waals surface area contributed by atoms with Crippen LogP contribution in [0, 0.1) is 29.1 Å². The average Bonchev–Trinajstić information content (AvgIpc) is 3.95. The molecule has 340 valence electrons. The van der Waals surface area contributed by atoms with Gasteiger partial charge in [-0.3, -0.25) is 14.6 Å². The van der Waals surface area contributed by atoms with Gasteiger partial charge in [-0.05, 0) is 120 Å². The van der Waals surface area contributed by atoms with Crippen molar-refractivity contribution in [2.45, 2.75) is 115 Å². The van der Waals surface area contributed by atoms with Crippen molar-refractivity contribution < 1.29 is 37.4 Å². The number of aromatic nitrogens is 2. The third-order valence-corrected chi connectivity index (χ3v) is 15.4. The van der Waals surface area contributed by atoms with E-state index in [9.17, 15) is 19.2 Å². The number of aromatic amines is 1. The van der Waals surface area contributed by atoms with Gasteiger partial charge in [-0.15, -0.1) is 0 Å². The van der Waals surface area contributed by atoms with Gasteiger partial charge in [-0.2, -0.15) is 8.78 Å². The molecule has 6 aliphatic rings. The summed E-state index contributed by atoms with van der Waals surface area (Å²) in [6.07, 6.45) is 7.38. The summed E-state index contributed by atoms with van der Waals surface area (Å²) in [5.74, 6) is -3.29. The lowest BCUT2D eigenvalue weighted by molar-refractivity contribution is -0.137. The van der Waals surface area contributed by atoms with Crippen molar-refractivity contribution in [1.29, 1.82) is 0 Å². The van der Waals surface area contributed by atoms with Crippen molar-refractivity contribution in [3.8, 4) is 33.5 Å². The van der Waals surface area contributed by atoms with E-state index in [2.05, 4.69) is 15.6 Å². The smallest absolute Gasteiger partial charge is 0.407 e. The molecule has 12 nitrogen and oxygen atoms in total. The van der Waals surface area contributed by atoms with Gasteiger partial charge in [0.15, 0.2) is 5.78 Å². The number of H-pyrrole nitrogens is 1. The van der Waals surface area contributed by atoms with Crippen molar-refractivity contribution in [2.24, 2.45) is 34.1 Å². The zero-order valence-corrected chi connectivity index (χ0v) is 37.7. The van der Waals surface area contributed by atoms with E-state index in [1.807, 2.05) is 62.9 Å².